The molecule has 156 valence electrons. The second-order valence-electron chi connectivity index (χ2n) is 6.45. The molecule has 0 saturated carbocycles. The predicted molar refractivity (Wildman–Crippen MR) is 113 cm³/mol. The molecule has 2 aromatic carbocycles. The maximum atomic E-state index is 13.0. The van der Waals surface area contributed by atoms with E-state index in [-0.39, 0.29) is 18.2 Å². The molecule has 4 rings (SSSR count). The standard InChI is InChI=1S/C20H16FN7O2S/c21-14-3-1-13(2-4-14)19(30)25-20-24-16(11-31-20)7-10-18(29)23-15-5-8-17(9-6-15)28-12-22-26-27-28/h1-6,8-9,11-12H,7,10H2,(H,23,29)(H,24,25,30). The minimum absolute atomic E-state index is 0.153. The molecular formula is C20H16FN7O2S. The van der Waals surface area contributed by atoms with Crippen LogP contribution in [0.15, 0.2) is 60.2 Å². The molecule has 0 radical (unpaired) electrons. The Balaban J connectivity index is 1.26. The quantitative estimate of drug-likeness (QED) is 0.459. The van der Waals surface area contributed by atoms with Gasteiger partial charge in [0.05, 0.1) is 11.4 Å². The van der Waals surface area contributed by atoms with Gasteiger partial charge in [-0.05, 0) is 65.4 Å². The maximum absolute atomic E-state index is 13.0. The number of hydrogen-bond acceptors (Lipinski definition) is 7. The highest BCUT2D eigenvalue weighted by atomic mass is 32.1. The van der Waals surface area contributed by atoms with Crippen LogP contribution in [-0.2, 0) is 11.2 Å². The number of carbonyl (C=O) groups is 2. The summed E-state index contributed by atoms with van der Waals surface area (Å²) in [6.45, 7) is 0. The fourth-order valence-electron chi connectivity index (χ4n) is 2.69. The lowest BCUT2D eigenvalue weighted by atomic mass is 10.2. The van der Waals surface area contributed by atoms with Crippen molar-refractivity contribution in [2.45, 2.75) is 12.8 Å². The summed E-state index contributed by atoms with van der Waals surface area (Å²) in [6, 6.07) is 12.4. The molecule has 0 aliphatic heterocycles. The fraction of sp³-hybridized carbons (Fsp3) is 0.100. The van der Waals surface area contributed by atoms with Crippen molar-refractivity contribution in [1.82, 2.24) is 25.2 Å². The molecule has 11 heteroatoms. The van der Waals surface area contributed by atoms with E-state index in [2.05, 4.69) is 31.1 Å². The molecule has 2 amide bonds. The fourth-order valence-corrected chi connectivity index (χ4v) is 3.43. The number of hydrogen-bond donors (Lipinski definition) is 2. The third kappa shape index (κ3) is 5.34. The summed E-state index contributed by atoms with van der Waals surface area (Å²) < 4.78 is 14.5. The Hall–Kier alpha value is -3.99. The van der Waals surface area contributed by atoms with E-state index in [1.165, 1.54) is 46.6 Å². The number of benzene rings is 2. The summed E-state index contributed by atoms with van der Waals surface area (Å²) >= 11 is 1.26. The first-order valence-electron chi connectivity index (χ1n) is 9.21. The van der Waals surface area contributed by atoms with Crippen LogP contribution in [0.3, 0.4) is 0 Å². The van der Waals surface area contributed by atoms with Gasteiger partial charge in [-0.3, -0.25) is 14.9 Å². The van der Waals surface area contributed by atoms with Crippen molar-refractivity contribution in [3.05, 3.63) is 77.3 Å². The zero-order chi connectivity index (χ0) is 21.6. The number of aromatic nitrogens is 5. The van der Waals surface area contributed by atoms with Crippen LogP contribution < -0.4 is 10.6 Å². The SMILES string of the molecule is O=C(CCc1csc(NC(=O)c2ccc(F)cc2)n1)Nc1ccc(-n2cnnn2)cc1. The van der Waals surface area contributed by atoms with Crippen LogP contribution in [0, 0.1) is 5.82 Å². The van der Waals surface area contributed by atoms with Gasteiger partial charge in [0.15, 0.2) is 5.13 Å². The second-order valence-corrected chi connectivity index (χ2v) is 7.31. The second kappa shape index (κ2) is 9.22. The number of tetrazole rings is 1. The van der Waals surface area contributed by atoms with Gasteiger partial charge in [0.25, 0.3) is 5.91 Å². The first kappa shape index (κ1) is 20.3. The highest BCUT2D eigenvalue weighted by Crippen LogP contribution is 2.18. The Morgan fingerprint density at radius 1 is 1.03 bits per heavy atom. The summed E-state index contributed by atoms with van der Waals surface area (Å²) in [6.07, 6.45) is 2.15. The summed E-state index contributed by atoms with van der Waals surface area (Å²) in [5.41, 5.74) is 2.47. The van der Waals surface area contributed by atoms with E-state index >= 15 is 0 Å². The molecule has 0 aliphatic carbocycles. The lowest BCUT2D eigenvalue weighted by molar-refractivity contribution is -0.116. The van der Waals surface area contributed by atoms with Gasteiger partial charge in [0, 0.05) is 23.1 Å². The van der Waals surface area contributed by atoms with Gasteiger partial charge < -0.3 is 5.32 Å². The Morgan fingerprint density at radius 2 is 1.81 bits per heavy atom. The normalized spacial score (nSPS) is 10.6. The molecule has 0 atom stereocenters. The van der Waals surface area contributed by atoms with Crippen LogP contribution in [0.25, 0.3) is 5.69 Å². The number of rotatable bonds is 7. The molecule has 0 aliphatic rings. The lowest BCUT2D eigenvalue weighted by Crippen LogP contribution is -2.13. The molecule has 0 unspecified atom stereocenters. The third-order valence-electron chi connectivity index (χ3n) is 4.25. The molecule has 0 bridgehead atoms. The molecule has 2 aromatic heterocycles. The molecule has 0 fully saturated rings. The minimum atomic E-state index is -0.408. The predicted octanol–water partition coefficient (Wildman–Crippen LogP) is 3.08. The minimum Gasteiger partial charge on any atom is -0.326 e. The van der Waals surface area contributed by atoms with Gasteiger partial charge in [-0.2, -0.15) is 0 Å². The summed E-state index contributed by atoms with van der Waals surface area (Å²) in [5.74, 6) is -0.932. The topological polar surface area (TPSA) is 115 Å². The van der Waals surface area contributed by atoms with Crippen LogP contribution in [0.4, 0.5) is 15.2 Å². The van der Waals surface area contributed by atoms with Crippen molar-refractivity contribution in [2.24, 2.45) is 0 Å². The van der Waals surface area contributed by atoms with E-state index in [1.807, 2.05) is 0 Å². The van der Waals surface area contributed by atoms with Crippen LogP contribution in [-0.4, -0.2) is 37.0 Å². The maximum Gasteiger partial charge on any atom is 0.257 e. The van der Waals surface area contributed by atoms with Crippen LogP contribution in [0.1, 0.15) is 22.5 Å². The third-order valence-corrected chi connectivity index (χ3v) is 5.06. The highest BCUT2D eigenvalue weighted by molar-refractivity contribution is 7.14. The lowest BCUT2D eigenvalue weighted by Gasteiger charge is -2.06. The van der Waals surface area contributed by atoms with Gasteiger partial charge in [0.2, 0.25) is 5.91 Å². The van der Waals surface area contributed by atoms with Crippen LogP contribution in [0.2, 0.25) is 0 Å². The molecule has 4 aromatic rings. The van der Waals surface area contributed by atoms with Crippen LogP contribution in [0.5, 0.6) is 0 Å². The van der Waals surface area contributed by atoms with Gasteiger partial charge >= 0.3 is 0 Å². The number of amides is 2. The van der Waals surface area contributed by atoms with Gasteiger partial charge in [-0.1, -0.05) is 0 Å². The van der Waals surface area contributed by atoms with Gasteiger partial charge in [0.1, 0.15) is 12.1 Å². The highest BCUT2D eigenvalue weighted by Gasteiger charge is 2.11. The number of halogens is 1. The van der Waals surface area contributed by atoms with Crippen LogP contribution >= 0.6 is 11.3 Å². The van der Waals surface area contributed by atoms with Crippen molar-refractivity contribution in [2.75, 3.05) is 10.6 Å². The van der Waals surface area contributed by atoms with Gasteiger partial charge in [-0.25, -0.2) is 14.1 Å². The molecule has 0 spiro atoms. The number of aryl methyl sites for hydroxylation is 1. The van der Waals surface area contributed by atoms with E-state index in [9.17, 15) is 14.0 Å². The first-order valence-corrected chi connectivity index (χ1v) is 10.1. The van der Waals surface area contributed by atoms with Crippen molar-refractivity contribution < 1.29 is 14.0 Å². The molecule has 9 nitrogen and oxygen atoms in total. The van der Waals surface area contributed by atoms with E-state index in [0.717, 1.165) is 5.69 Å². The number of carbonyl (C=O) groups excluding carboxylic acids is 2. The number of nitrogens with zero attached hydrogens (tertiary/aromatic N) is 5. The first-order chi connectivity index (χ1) is 15.1. The van der Waals surface area contributed by atoms with Crippen molar-refractivity contribution in [1.29, 1.82) is 0 Å². The zero-order valence-electron chi connectivity index (χ0n) is 16.0. The number of thiazole rings is 1. The van der Waals surface area contributed by atoms with Crippen molar-refractivity contribution in [3.63, 3.8) is 0 Å². The average Bonchev–Trinajstić information content (AvgIpc) is 3.46. The number of nitrogens with one attached hydrogen (secondary N) is 2. The molecular weight excluding hydrogens is 421 g/mol. The summed E-state index contributed by atoms with van der Waals surface area (Å²) in [5, 5.41) is 18.7. The smallest absolute Gasteiger partial charge is 0.257 e. The van der Waals surface area contributed by atoms with E-state index < -0.39 is 5.82 Å². The largest absolute Gasteiger partial charge is 0.326 e. The molecule has 0 saturated heterocycles. The summed E-state index contributed by atoms with van der Waals surface area (Å²) in [4.78, 5) is 28.7. The van der Waals surface area contributed by atoms with Crippen molar-refractivity contribution >= 4 is 34.0 Å². The molecule has 2 heterocycles. The molecule has 2 N–H and O–H groups in total. The number of anilines is 2. The Morgan fingerprint density at radius 3 is 2.52 bits per heavy atom. The Kier molecular flexibility index (Phi) is 6.03. The summed E-state index contributed by atoms with van der Waals surface area (Å²) in [7, 11) is 0. The monoisotopic (exact) mass is 437 g/mol. The van der Waals surface area contributed by atoms with E-state index in [0.29, 0.717) is 28.5 Å². The zero-order valence-corrected chi connectivity index (χ0v) is 16.8. The van der Waals surface area contributed by atoms with E-state index in [1.54, 1.807) is 29.6 Å². The average molecular weight is 437 g/mol. The Bertz CT molecular complexity index is 1180. The molecule has 31 heavy (non-hydrogen) atoms. The van der Waals surface area contributed by atoms with Gasteiger partial charge in [-0.15, -0.1) is 16.4 Å². The Labute approximate surface area is 179 Å². The van der Waals surface area contributed by atoms with E-state index in [4.69, 9.17) is 0 Å². The van der Waals surface area contributed by atoms with Crippen molar-refractivity contribution in [3.8, 4) is 5.69 Å².